The zero-order valence-corrected chi connectivity index (χ0v) is 11.3. The molecule has 1 unspecified atom stereocenters. The molecular weight excluding hydrogens is 272 g/mol. The highest BCUT2D eigenvalue weighted by Gasteiger charge is 2.11. The molecule has 2 aromatic carbocycles. The Kier molecular flexibility index (Phi) is 3.91. The second kappa shape index (κ2) is 5.27. The van der Waals surface area contributed by atoms with E-state index in [1.807, 2.05) is 6.92 Å². The largest absolute Gasteiger partial charge is 0.324 e. The zero-order valence-electron chi connectivity index (χ0n) is 9.75. The second-order valence-electron chi connectivity index (χ2n) is 4.15. The van der Waals surface area contributed by atoms with Crippen molar-refractivity contribution in [2.75, 3.05) is 0 Å². The van der Waals surface area contributed by atoms with Crippen molar-refractivity contribution in [3.63, 3.8) is 0 Å². The summed E-state index contributed by atoms with van der Waals surface area (Å²) in [4.78, 5) is 0. The van der Waals surface area contributed by atoms with Crippen LogP contribution in [0.15, 0.2) is 36.4 Å². The minimum Gasteiger partial charge on any atom is -0.324 e. The van der Waals surface area contributed by atoms with E-state index in [-0.39, 0.29) is 11.9 Å². The van der Waals surface area contributed by atoms with Crippen molar-refractivity contribution in [2.24, 2.45) is 5.73 Å². The van der Waals surface area contributed by atoms with Crippen LogP contribution in [0.4, 0.5) is 4.39 Å². The van der Waals surface area contributed by atoms with Gasteiger partial charge in [0.05, 0.1) is 0 Å². The molecule has 4 heteroatoms. The zero-order chi connectivity index (χ0) is 13.3. The Hall–Kier alpha value is -1.09. The van der Waals surface area contributed by atoms with Gasteiger partial charge < -0.3 is 5.73 Å². The molecule has 2 aromatic rings. The fourth-order valence-electron chi connectivity index (χ4n) is 1.74. The molecule has 0 aliphatic rings. The standard InChI is InChI=1S/C14H12Cl2FN/c1-8(18)9-2-5-14(17)12(6-9)11-7-10(15)3-4-13(11)16/h2-8H,18H2,1H3. The molecule has 1 atom stereocenters. The predicted octanol–water partition coefficient (Wildman–Crippen LogP) is 4.82. The van der Waals surface area contributed by atoms with Crippen LogP contribution in [-0.2, 0) is 0 Å². The first kappa shape index (κ1) is 13.3. The van der Waals surface area contributed by atoms with E-state index in [4.69, 9.17) is 28.9 Å². The first-order valence-corrected chi connectivity index (χ1v) is 6.25. The number of hydrogen-bond acceptors (Lipinski definition) is 1. The lowest BCUT2D eigenvalue weighted by atomic mass is 10.00. The van der Waals surface area contributed by atoms with Gasteiger partial charge in [0, 0.05) is 27.2 Å². The summed E-state index contributed by atoms with van der Waals surface area (Å²) in [6, 6.07) is 9.57. The van der Waals surface area contributed by atoms with Gasteiger partial charge in [0.2, 0.25) is 0 Å². The summed E-state index contributed by atoms with van der Waals surface area (Å²) in [5.74, 6) is -0.344. The molecule has 0 fully saturated rings. The van der Waals surface area contributed by atoms with Gasteiger partial charge in [-0.05, 0) is 42.8 Å². The van der Waals surface area contributed by atoms with Crippen LogP contribution in [0.3, 0.4) is 0 Å². The maximum absolute atomic E-state index is 13.9. The van der Waals surface area contributed by atoms with Crippen molar-refractivity contribution in [3.05, 3.63) is 57.8 Å². The monoisotopic (exact) mass is 283 g/mol. The lowest BCUT2D eigenvalue weighted by Crippen LogP contribution is -2.05. The molecule has 2 rings (SSSR count). The Labute approximate surface area is 115 Å². The molecule has 0 aliphatic carbocycles. The minimum atomic E-state index is -0.344. The van der Waals surface area contributed by atoms with Gasteiger partial charge in [0.25, 0.3) is 0 Å². The van der Waals surface area contributed by atoms with Crippen LogP contribution in [0, 0.1) is 5.82 Å². The van der Waals surface area contributed by atoms with Gasteiger partial charge in [-0.3, -0.25) is 0 Å². The van der Waals surface area contributed by atoms with E-state index in [2.05, 4.69) is 0 Å². The van der Waals surface area contributed by atoms with Crippen LogP contribution >= 0.6 is 23.2 Å². The van der Waals surface area contributed by atoms with E-state index in [0.717, 1.165) is 5.56 Å². The molecule has 0 spiro atoms. The van der Waals surface area contributed by atoms with Crippen molar-refractivity contribution >= 4 is 23.2 Å². The van der Waals surface area contributed by atoms with E-state index in [1.165, 1.54) is 6.07 Å². The summed E-state index contributed by atoms with van der Waals surface area (Å²) in [6.45, 7) is 1.84. The van der Waals surface area contributed by atoms with Crippen molar-refractivity contribution in [2.45, 2.75) is 13.0 Å². The van der Waals surface area contributed by atoms with E-state index < -0.39 is 0 Å². The third kappa shape index (κ3) is 2.66. The Morgan fingerprint density at radius 2 is 1.78 bits per heavy atom. The van der Waals surface area contributed by atoms with Crippen LogP contribution in [0.1, 0.15) is 18.5 Å². The quantitative estimate of drug-likeness (QED) is 0.840. The molecule has 0 bridgehead atoms. The predicted molar refractivity (Wildman–Crippen MR) is 74.5 cm³/mol. The average Bonchev–Trinajstić information content (AvgIpc) is 2.33. The SMILES string of the molecule is CC(N)c1ccc(F)c(-c2cc(Cl)ccc2Cl)c1. The Bertz CT molecular complexity index is 582. The fraction of sp³-hybridized carbons (Fsp3) is 0.143. The van der Waals surface area contributed by atoms with Gasteiger partial charge in [-0.25, -0.2) is 4.39 Å². The summed E-state index contributed by atoms with van der Waals surface area (Å²) in [5, 5.41) is 0.972. The Balaban J connectivity index is 2.62. The van der Waals surface area contributed by atoms with Crippen molar-refractivity contribution in [1.82, 2.24) is 0 Å². The van der Waals surface area contributed by atoms with Crippen molar-refractivity contribution in [3.8, 4) is 11.1 Å². The summed E-state index contributed by atoms with van der Waals surface area (Å²) in [5.41, 5.74) is 7.63. The minimum absolute atomic E-state index is 0.165. The molecular formula is C14H12Cl2FN. The molecule has 94 valence electrons. The van der Waals surface area contributed by atoms with Gasteiger partial charge in [-0.15, -0.1) is 0 Å². The maximum atomic E-state index is 13.9. The summed E-state index contributed by atoms with van der Waals surface area (Å²) in [7, 11) is 0. The Morgan fingerprint density at radius 3 is 2.44 bits per heavy atom. The number of nitrogens with two attached hydrogens (primary N) is 1. The molecule has 0 saturated carbocycles. The van der Waals surface area contributed by atoms with Crippen LogP contribution < -0.4 is 5.73 Å². The van der Waals surface area contributed by atoms with E-state index >= 15 is 0 Å². The first-order valence-electron chi connectivity index (χ1n) is 5.49. The third-order valence-electron chi connectivity index (χ3n) is 2.73. The number of halogens is 3. The van der Waals surface area contributed by atoms with Crippen molar-refractivity contribution in [1.29, 1.82) is 0 Å². The summed E-state index contributed by atoms with van der Waals surface area (Å²) >= 11 is 12.0. The van der Waals surface area contributed by atoms with Crippen molar-refractivity contribution < 1.29 is 4.39 Å². The normalized spacial score (nSPS) is 12.5. The third-order valence-corrected chi connectivity index (χ3v) is 3.30. The highest BCUT2D eigenvalue weighted by atomic mass is 35.5. The number of benzene rings is 2. The topological polar surface area (TPSA) is 26.0 Å². The van der Waals surface area contributed by atoms with Crippen LogP contribution in [0.5, 0.6) is 0 Å². The van der Waals surface area contributed by atoms with Gasteiger partial charge in [-0.2, -0.15) is 0 Å². The average molecular weight is 284 g/mol. The lowest BCUT2D eigenvalue weighted by molar-refractivity contribution is 0.629. The first-order chi connectivity index (χ1) is 8.49. The molecule has 0 saturated heterocycles. The highest BCUT2D eigenvalue weighted by molar-refractivity contribution is 6.35. The Morgan fingerprint density at radius 1 is 1.06 bits per heavy atom. The van der Waals surface area contributed by atoms with Gasteiger partial charge in [-0.1, -0.05) is 29.3 Å². The number of hydrogen-bond donors (Lipinski definition) is 1. The van der Waals surface area contributed by atoms with Gasteiger partial charge in [0.15, 0.2) is 0 Å². The molecule has 18 heavy (non-hydrogen) atoms. The molecule has 0 radical (unpaired) electrons. The van der Waals surface area contributed by atoms with Crippen LogP contribution in [0.25, 0.3) is 11.1 Å². The summed E-state index contributed by atoms with van der Waals surface area (Å²) < 4.78 is 13.9. The second-order valence-corrected chi connectivity index (χ2v) is 5.00. The maximum Gasteiger partial charge on any atom is 0.131 e. The molecule has 1 nitrogen and oxygen atoms in total. The van der Waals surface area contributed by atoms with E-state index in [1.54, 1.807) is 30.3 Å². The molecule has 0 amide bonds. The van der Waals surface area contributed by atoms with Crippen LogP contribution in [-0.4, -0.2) is 0 Å². The van der Waals surface area contributed by atoms with E-state index in [9.17, 15) is 4.39 Å². The number of rotatable bonds is 2. The molecule has 0 aromatic heterocycles. The molecule has 0 heterocycles. The van der Waals surface area contributed by atoms with E-state index in [0.29, 0.717) is 21.2 Å². The van der Waals surface area contributed by atoms with Gasteiger partial charge in [0.1, 0.15) is 5.82 Å². The van der Waals surface area contributed by atoms with Gasteiger partial charge >= 0.3 is 0 Å². The molecule has 0 aliphatic heterocycles. The molecule has 2 N–H and O–H groups in total. The highest BCUT2D eigenvalue weighted by Crippen LogP contribution is 2.33. The smallest absolute Gasteiger partial charge is 0.131 e. The summed E-state index contributed by atoms with van der Waals surface area (Å²) in [6.07, 6.45) is 0. The van der Waals surface area contributed by atoms with Crippen LogP contribution in [0.2, 0.25) is 10.0 Å². The fourth-order valence-corrected chi connectivity index (χ4v) is 2.13. The lowest BCUT2D eigenvalue weighted by Gasteiger charge is -2.11.